The number of ketones is 3. The maximum atomic E-state index is 15.0. The van der Waals surface area contributed by atoms with Crippen LogP contribution in [-0.2, 0) is 41.4 Å². The minimum atomic E-state index is -2.90. The quantitative estimate of drug-likeness (QED) is 0.0492. The van der Waals surface area contributed by atoms with E-state index in [0.29, 0.717) is 41.9 Å². The van der Waals surface area contributed by atoms with E-state index >= 15 is 4.79 Å². The van der Waals surface area contributed by atoms with Crippen LogP contribution in [-0.4, -0.2) is 67.7 Å². The van der Waals surface area contributed by atoms with E-state index in [1.54, 1.807) is 13.2 Å². The number of phenolic OH excluding ortho intramolecular Hbond substituents is 1. The number of nitrogens with two attached hydrogens (primary N) is 1. The van der Waals surface area contributed by atoms with Gasteiger partial charge < -0.3 is 39.6 Å². The van der Waals surface area contributed by atoms with Crippen molar-refractivity contribution in [1.29, 1.82) is 0 Å². The van der Waals surface area contributed by atoms with Gasteiger partial charge in [0.2, 0.25) is 17.4 Å². The molecule has 2 aromatic rings. The second-order valence-electron chi connectivity index (χ2n) is 15.0. The largest absolute Gasteiger partial charge is 0.506 e. The molecule has 0 amide bonds. The van der Waals surface area contributed by atoms with Crippen LogP contribution in [0.25, 0.3) is 10.8 Å². The van der Waals surface area contributed by atoms with E-state index in [9.17, 15) is 19.8 Å². The van der Waals surface area contributed by atoms with Gasteiger partial charge in [0.1, 0.15) is 22.8 Å². The Balaban J connectivity index is 1.74. The van der Waals surface area contributed by atoms with Crippen LogP contribution in [0.3, 0.4) is 0 Å². The molecule has 6 rings (SSSR count). The summed E-state index contributed by atoms with van der Waals surface area (Å²) in [5.41, 5.74) is 4.14. The smallest absolute Gasteiger partial charge is 0.211 e. The van der Waals surface area contributed by atoms with Gasteiger partial charge in [-0.1, -0.05) is 52.2 Å². The molecular formula is C40H51NO10. The number of allylic oxidation sites excluding steroid dienone is 2. The van der Waals surface area contributed by atoms with Crippen LogP contribution >= 0.6 is 0 Å². The lowest BCUT2D eigenvalue weighted by Gasteiger charge is -2.52. The van der Waals surface area contributed by atoms with Crippen LogP contribution in [0.5, 0.6) is 17.2 Å². The van der Waals surface area contributed by atoms with Gasteiger partial charge in [0.05, 0.1) is 37.2 Å². The van der Waals surface area contributed by atoms with E-state index in [4.69, 9.17) is 29.4 Å². The maximum Gasteiger partial charge on any atom is 0.211 e. The molecule has 11 nitrogen and oxygen atoms in total. The average molecular weight is 706 g/mol. The number of hydrogen-bond acceptors (Lipinski definition) is 11. The molecule has 276 valence electrons. The molecular weight excluding hydrogens is 654 g/mol. The first kappa shape index (κ1) is 36.8. The van der Waals surface area contributed by atoms with E-state index in [1.807, 2.05) is 13.8 Å². The fourth-order valence-electron chi connectivity index (χ4n) is 9.50. The van der Waals surface area contributed by atoms with E-state index in [0.717, 1.165) is 43.2 Å². The molecule has 11 heteroatoms. The maximum absolute atomic E-state index is 15.0. The minimum absolute atomic E-state index is 0.139. The molecule has 0 heterocycles. The van der Waals surface area contributed by atoms with Gasteiger partial charge >= 0.3 is 0 Å². The van der Waals surface area contributed by atoms with Gasteiger partial charge in [0.25, 0.3) is 0 Å². The first-order valence-corrected chi connectivity index (χ1v) is 18.0. The number of phenols is 1. The zero-order chi connectivity index (χ0) is 37.3. The number of hydrogen-bond donors (Lipinski definition) is 3. The molecule has 0 saturated heterocycles. The number of methoxy groups -OCH3 is 3. The second-order valence-corrected chi connectivity index (χ2v) is 15.0. The summed E-state index contributed by atoms with van der Waals surface area (Å²) in [5, 5.41) is 25.9. The van der Waals surface area contributed by atoms with Gasteiger partial charge in [-0.05, 0) is 50.0 Å². The molecule has 1 fully saturated rings. The molecule has 3 atom stereocenters. The first-order valence-electron chi connectivity index (χ1n) is 18.0. The summed E-state index contributed by atoms with van der Waals surface area (Å²) in [7, 11) is 4.28. The molecule has 0 unspecified atom stereocenters. The standard InChI is InChI=1S/C40H51NO10/c1-9-11-16-50-24-19-25(47-6)32-27-22(20-38(32)21(3)14-13-15-37(38,4)5)31-30(33(43)29(24)27)35(45)39(46)26(40(31,48-7)49-8)18-23(42)28(34(39)44)36(41)51-17-12-10-2/h14,19,26,43,46H,9-13,15-18,20,41H2,1-8H3/t26-,38+,39+/m0/s1. The van der Waals surface area contributed by atoms with Crippen molar-refractivity contribution in [3.05, 3.63) is 51.4 Å². The molecule has 0 bridgehead atoms. The Morgan fingerprint density at radius 3 is 2.24 bits per heavy atom. The normalized spacial score (nSPS) is 27.0. The van der Waals surface area contributed by atoms with Crippen LogP contribution in [0.2, 0.25) is 0 Å². The molecule has 4 N–H and O–H groups in total. The van der Waals surface area contributed by atoms with Gasteiger partial charge in [-0.2, -0.15) is 0 Å². The summed E-state index contributed by atoms with van der Waals surface area (Å²) in [6.45, 7) is 11.0. The molecule has 0 radical (unpaired) electrons. The van der Waals surface area contributed by atoms with E-state index in [-0.39, 0.29) is 28.5 Å². The number of benzene rings is 2. The number of fused-ring (bicyclic) bond motifs is 4. The van der Waals surface area contributed by atoms with Crippen LogP contribution in [0.4, 0.5) is 0 Å². The Bertz CT molecular complexity index is 1890. The van der Waals surface area contributed by atoms with E-state index in [2.05, 4.69) is 26.8 Å². The highest BCUT2D eigenvalue weighted by Crippen LogP contribution is 2.67. The number of Topliss-reactive ketones (excluding diaryl/α,β-unsaturated/α-hetero) is 3. The van der Waals surface area contributed by atoms with Crippen molar-refractivity contribution >= 4 is 28.1 Å². The lowest BCUT2D eigenvalue weighted by atomic mass is 9.54. The van der Waals surface area contributed by atoms with Crippen molar-refractivity contribution in [3.63, 3.8) is 0 Å². The zero-order valence-corrected chi connectivity index (χ0v) is 31.0. The second kappa shape index (κ2) is 12.9. The molecule has 2 aromatic carbocycles. The van der Waals surface area contributed by atoms with Gasteiger partial charge in [-0.15, -0.1) is 0 Å². The summed E-state index contributed by atoms with van der Waals surface area (Å²) in [5.74, 6) is -6.63. The summed E-state index contributed by atoms with van der Waals surface area (Å²) >= 11 is 0. The first-order chi connectivity index (χ1) is 24.2. The van der Waals surface area contributed by atoms with E-state index < -0.39 is 63.7 Å². The summed E-state index contributed by atoms with van der Waals surface area (Å²) in [6.07, 6.45) is 6.78. The van der Waals surface area contributed by atoms with Gasteiger partial charge in [0.15, 0.2) is 17.3 Å². The fraction of sp³-hybridized carbons (Fsp3) is 0.575. The third-order valence-corrected chi connectivity index (χ3v) is 12.2. The number of rotatable bonds is 11. The third-order valence-electron chi connectivity index (χ3n) is 12.2. The number of ether oxygens (including phenoxy) is 5. The molecule has 0 aromatic heterocycles. The highest BCUT2D eigenvalue weighted by atomic mass is 16.7. The Kier molecular flexibility index (Phi) is 9.34. The molecule has 51 heavy (non-hydrogen) atoms. The molecule has 4 aliphatic carbocycles. The minimum Gasteiger partial charge on any atom is -0.506 e. The molecule has 1 saturated carbocycles. The Labute approximate surface area is 299 Å². The molecule has 1 spiro atoms. The van der Waals surface area contributed by atoms with Gasteiger partial charge in [-0.3, -0.25) is 14.4 Å². The van der Waals surface area contributed by atoms with Crippen molar-refractivity contribution in [2.45, 2.75) is 103 Å². The molecule has 0 aliphatic heterocycles. The van der Waals surface area contributed by atoms with Gasteiger partial charge in [0, 0.05) is 48.6 Å². The van der Waals surface area contributed by atoms with Crippen molar-refractivity contribution in [1.82, 2.24) is 0 Å². The Morgan fingerprint density at radius 2 is 1.63 bits per heavy atom. The van der Waals surface area contributed by atoms with Crippen molar-refractivity contribution in [2.24, 2.45) is 17.1 Å². The topological polar surface area (TPSA) is 164 Å². The summed E-state index contributed by atoms with van der Waals surface area (Å²) in [4.78, 5) is 43.2. The van der Waals surface area contributed by atoms with Crippen LogP contribution in [0.15, 0.2) is 29.2 Å². The average Bonchev–Trinajstić information content (AvgIpc) is 3.46. The monoisotopic (exact) mass is 705 g/mol. The van der Waals surface area contributed by atoms with Gasteiger partial charge in [-0.25, -0.2) is 0 Å². The predicted molar refractivity (Wildman–Crippen MR) is 190 cm³/mol. The van der Waals surface area contributed by atoms with Crippen molar-refractivity contribution in [2.75, 3.05) is 34.5 Å². The molecule has 4 aliphatic rings. The summed E-state index contributed by atoms with van der Waals surface area (Å²) in [6, 6.07) is 1.76. The van der Waals surface area contributed by atoms with Crippen molar-refractivity contribution in [3.8, 4) is 17.2 Å². The predicted octanol–water partition coefficient (Wildman–Crippen LogP) is 5.81. The number of carbonyl (C=O) groups excluding carboxylic acids is 3. The Morgan fingerprint density at radius 1 is 0.961 bits per heavy atom. The lowest BCUT2D eigenvalue weighted by molar-refractivity contribution is -0.277. The number of aliphatic hydroxyl groups is 1. The highest BCUT2D eigenvalue weighted by molar-refractivity contribution is 6.35. The Hall–Kier alpha value is -3.93. The SMILES string of the molecule is CCCCOC(N)=C1C(=O)C[C@@H]2C(OC)(OC)c3c(c(O)c4c(OCCCC)cc(OC)c5c4c3C[C@@]53C(C)=CCCC3(C)C)C(=O)[C@]2(O)C1=O. The van der Waals surface area contributed by atoms with Crippen molar-refractivity contribution < 1.29 is 48.3 Å². The number of aromatic hydroxyl groups is 1. The zero-order valence-electron chi connectivity index (χ0n) is 31.0. The van der Waals surface area contributed by atoms with E-state index in [1.165, 1.54) is 14.2 Å². The number of unbranched alkanes of at least 4 members (excludes halogenated alkanes) is 2. The third kappa shape index (κ3) is 4.76. The lowest BCUT2D eigenvalue weighted by Crippen LogP contribution is -2.68. The highest BCUT2D eigenvalue weighted by Gasteiger charge is 2.71. The van der Waals surface area contributed by atoms with Crippen LogP contribution < -0.4 is 15.2 Å². The van der Waals surface area contributed by atoms with Crippen LogP contribution in [0, 0.1) is 11.3 Å². The van der Waals surface area contributed by atoms with Crippen LogP contribution in [0.1, 0.15) is 107 Å². The summed E-state index contributed by atoms with van der Waals surface area (Å²) < 4.78 is 30.4. The fourth-order valence-corrected chi connectivity index (χ4v) is 9.50. The number of carbonyl (C=O) groups is 3.